The molecule has 0 spiro atoms. The molecule has 21 heavy (non-hydrogen) atoms. The molecule has 108 valence electrons. The van der Waals surface area contributed by atoms with Gasteiger partial charge in [-0.25, -0.2) is 0 Å². The summed E-state index contributed by atoms with van der Waals surface area (Å²) in [5.41, 5.74) is 3.16. The molecule has 0 heterocycles. The Labute approximate surface area is 131 Å². The van der Waals surface area contributed by atoms with E-state index >= 15 is 0 Å². The number of nitriles is 1. The number of benzene rings is 2. The molecular formula is C18H19ClN2. The van der Waals surface area contributed by atoms with Gasteiger partial charge in [-0.1, -0.05) is 35.9 Å². The molecular weight excluding hydrogens is 280 g/mol. The topological polar surface area (TPSA) is 35.8 Å². The lowest BCUT2D eigenvalue weighted by Crippen LogP contribution is -2.30. The van der Waals surface area contributed by atoms with Crippen LogP contribution in [0.15, 0.2) is 48.5 Å². The van der Waals surface area contributed by atoms with Crippen molar-refractivity contribution >= 4 is 11.6 Å². The average molecular weight is 299 g/mol. The molecule has 0 aliphatic rings. The summed E-state index contributed by atoms with van der Waals surface area (Å²) in [6.07, 6.45) is 0.956. The van der Waals surface area contributed by atoms with Crippen LogP contribution in [0.1, 0.15) is 36.6 Å². The Morgan fingerprint density at radius 1 is 1.05 bits per heavy atom. The summed E-state index contributed by atoms with van der Waals surface area (Å²) < 4.78 is 0. The number of nitrogens with zero attached hydrogens (tertiary/aromatic N) is 1. The number of nitrogens with one attached hydrogen (secondary N) is 1. The summed E-state index contributed by atoms with van der Waals surface area (Å²) in [6.45, 7) is 4.31. The zero-order valence-corrected chi connectivity index (χ0v) is 13.1. The molecule has 0 aliphatic heterocycles. The van der Waals surface area contributed by atoms with Gasteiger partial charge in [0, 0.05) is 17.1 Å². The lowest BCUT2D eigenvalue weighted by molar-refractivity contribution is 0.477. The molecule has 0 radical (unpaired) electrons. The zero-order valence-electron chi connectivity index (χ0n) is 12.3. The van der Waals surface area contributed by atoms with Crippen molar-refractivity contribution in [1.82, 2.24) is 5.32 Å². The molecule has 2 aromatic rings. The summed E-state index contributed by atoms with van der Waals surface area (Å²) in [4.78, 5) is 0. The molecule has 0 amide bonds. The van der Waals surface area contributed by atoms with Crippen LogP contribution in [0.5, 0.6) is 0 Å². The van der Waals surface area contributed by atoms with Crippen molar-refractivity contribution in [3.8, 4) is 6.07 Å². The number of rotatable bonds is 5. The minimum atomic E-state index is 0.250. The van der Waals surface area contributed by atoms with Crippen LogP contribution in [0.2, 0.25) is 5.02 Å². The smallest absolute Gasteiger partial charge is 0.0991 e. The Bertz CT molecular complexity index is 611. The largest absolute Gasteiger partial charge is 0.307 e. The van der Waals surface area contributed by atoms with Crippen LogP contribution >= 0.6 is 11.6 Å². The van der Waals surface area contributed by atoms with Gasteiger partial charge in [0.2, 0.25) is 0 Å². The number of hydrogen-bond donors (Lipinski definition) is 1. The summed E-state index contributed by atoms with van der Waals surface area (Å²) in [5.74, 6) is 0. The standard InChI is InChI=1S/C18H19ClN2/c1-13(11-15-5-9-18(19)10-6-15)21-14(2)17-7-3-16(12-20)4-8-17/h3-10,13-14,21H,11H2,1-2H3. The molecule has 0 aliphatic carbocycles. The van der Waals surface area contributed by atoms with Crippen molar-refractivity contribution in [2.24, 2.45) is 0 Å². The second-order valence-corrected chi connectivity index (χ2v) is 5.79. The third-order valence-corrected chi connectivity index (χ3v) is 3.78. The van der Waals surface area contributed by atoms with E-state index < -0.39 is 0 Å². The highest BCUT2D eigenvalue weighted by molar-refractivity contribution is 6.30. The summed E-state index contributed by atoms with van der Waals surface area (Å²) in [7, 11) is 0. The van der Waals surface area contributed by atoms with E-state index in [1.54, 1.807) is 0 Å². The molecule has 2 rings (SSSR count). The molecule has 2 nitrogen and oxygen atoms in total. The van der Waals surface area contributed by atoms with Crippen molar-refractivity contribution in [3.05, 3.63) is 70.2 Å². The van der Waals surface area contributed by atoms with Crippen LogP contribution in [0.4, 0.5) is 0 Å². The fourth-order valence-corrected chi connectivity index (χ4v) is 2.53. The predicted octanol–water partition coefficient (Wildman–Crippen LogP) is 4.49. The molecule has 0 aromatic heterocycles. The normalized spacial score (nSPS) is 13.4. The van der Waals surface area contributed by atoms with Gasteiger partial charge in [0.1, 0.15) is 0 Å². The SMILES string of the molecule is CC(Cc1ccc(Cl)cc1)NC(C)c1ccc(C#N)cc1. The molecule has 2 aromatic carbocycles. The van der Waals surface area contributed by atoms with Crippen LogP contribution < -0.4 is 5.32 Å². The summed E-state index contributed by atoms with van der Waals surface area (Å²) >= 11 is 5.90. The van der Waals surface area contributed by atoms with Crippen LogP contribution in [0, 0.1) is 11.3 Å². The first-order chi connectivity index (χ1) is 10.1. The van der Waals surface area contributed by atoms with Crippen LogP contribution in [0.25, 0.3) is 0 Å². The van der Waals surface area contributed by atoms with E-state index in [4.69, 9.17) is 16.9 Å². The lowest BCUT2D eigenvalue weighted by atomic mass is 10.0. The van der Waals surface area contributed by atoms with Crippen molar-refractivity contribution in [3.63, 3.8) is 0 Å². The van der Waals surface area contributed by atoms with Crippen molar-refractivity contribution < 1.29 is 0 Å². The molecule has 2 atom stereocenters. The minimum Gasteiger partial charge on any atom is -0.307 e. The molecule has 0 saturated heterocycles. The second-order valence-electron chi connectivity index (χ2n) is 5.35. The van der Waals surface area contributed by atoms with E-state index in [1.165, 1.54) is 11.1 Å². The van der Waals surface area contributed by atoms with E-state index in [1.807, 2.05) is 36.4 Å². The molecule has 0 bridgehead atoms. The van der Waals surface area contributed by atoms with Gasteiger partial charge >= 0.3 is 0 Å². The average Bonchev–Trinajstić information content (AvgIpc) is 2.49. The highest BCUT2D eigenvalue weighted by atomic mass is 35.5. The fourth-order valence-electron chi connectivity index (χ4n) is 2.40. The Morgan fingerprint density at radius 2 is 1.67 bits per heavy atom. The highest BCUT2D eigenvalue weighted by Gasteiger charge is 2.10. The van der Waals surface area contributed by atoms with Gasteiger partial charge in [-0.05, 0) is 55.7 Å². The Morgan fingerprint density at radius 3 is 2.24 bits per heavy atom. The van der Waals surface area contributed by atoms with Gasteiger partial charge in [-0.15, -0.1) is 0 Å². The maximum absolute atomic E-state index is 8.82. The zero-order chi connectivity index (χ0) is 15.2. The number of halogens is 1. The van der Waals surface area contributed by atoms with Crippen molar-refractivity contribution in [1.29, 1.82) is 5.26 Å². The van der Waals surface area contributed by atoms with Gasteiger partial charge < -0.3 is 5.32 Å². The second kappa shape index (κ2) is 7.26. The van der Waals surface area contributed by atoms with Gasteiger partial charge in [-0.3, -0.25) is 0 Å². The monoisotopic (exact) mass is 298 g/mol. The Kier molecular flexibility index (Phi) is 5.38. The Hall–Kier alpha value is -1.82. The predicted molar refractivity (Wildman–Crippen MR) is 87.3 cm³/mol. The summed E-state index contributed by atoms with van der Waals surface area (Å²) in [5, 5.41) is 13.2. The maximum atomic E-state index is 8.82. The van der Waals surface area contributed by atoms with Crippen molar-refractivity contribution in [2.75, 3.05) is 0 Å². The lowest BCUT2D eigenvalue weighted by Gasteiger charge is -2.20. The van der Waals surface area contributed by atoms with Crippen LogP contribution in [-0.2, 0) is 6.42 Å². The van der Waals surface area contributed by atoms with E-state index in [2.05, 4.69) is 37.4 Å². The van der Waals surface area contributed by atoms with Gasteiger partial charge in [0.25, 0.3) is 0 Å². The first-order valence-electron chi connectivity index (χ1n) is 7.09. The van der Waals surface area contributed by atoms with Crippen LogP contribution in [-0.4, -0.2) is 6.04 Å². The third-order valence-electron chi connectivity index (χ3n) is 3.53. The minimum absolute atomic E-state index is 0.250. The van der Waals surface area contributed by atoms with Crippen molar-refractivity contribution in [2.45, 2.75) is 32.4 Å². The van der Waals surface area contributed by atoms with Gasteiger partial charge in [0.15, 0.2) is 0 Å². The van der Waals surface area contributed by atoms with E-state index in [9.17, 15) is 0 Å². The quantitative estimate of drug-likeness (QED) is 0.882. The van der Waals surface area contributed by atoms with E-state index in [-0.39, 0.29) is 6.04 Å². The summed E-state index contributed by atoms with van der Waals surface area (Å²) in [6, 6.07) is 18.4. The molecule has 2 unspecified atom stereocenters. The highest BCUT2D eigenvalue weighted by Crippen LogP contribution is 2.16. The molecule has 0 saturated carbocycles. The molecule has 3 heteroatoms. The first-order valence-corrected chi connectivity index (χ1v) is 7.47. The third kappa shape index (κ3) is 4.60. The van der Waals surface area contributed by atoms with E-state index in [0.29, 0.717) is 11.6 Å². The van der Waals surface area contributed by atoms with Gasteiger partial charge in [0.05, 0.1) is 11.6 Å². The van der Waals surface area contributed by atoms with E-state index in [0.717, 1.165) is 11.4 Å². The Balaban J connectivity index is 1.93. The van der Waals surface area contributed by atoms with Gasteiger partial charge in [-0.2, -0.15) is 5.26 Å². The number of hydrogen-bond acceptors (Lipinski definition) is 2. The maximum Gasteiger partial charge on any atom is 0.0991 e. The fraction of sp³-hybridized carbons (Fsp3) is 0.278. The first kappa shape index (κ1) is 15.6. The van der Waals surface area contributed by atoms with Crippen LogP contribution in [0.3, 0.4) is 0 Å². The molecule has 1 N–H and O–H groups in total. The molecule has 0 fully saturated rings.